The van der Waals surface area contributed by atoms with Gasteiger partial charge in [-0.05, 0) is 42.7 Å². The molecule has 6 heteroatoms. The molecule has 0 spiro atoms. The smallest absolute Gasteiger partial charge is 0.233 e. The van der Waals surface area contributed by atoms with Crippen LogP contribution in [0.2, 0.25) is 0 Å². The van der Waals surface area contributed by atoms with Crippen LogP contribution in [-0.4, -0.2) is 47.9 Å². The predicted octanol–water partition coefficient (Wildman–Crippen LogP) is 3.59. The number of aromatic nitrogens is 1. The molecule has 2 aliphatic rings. The zero-order valence-corrected chi connectivity index (χ0v) is 17.6. The third-order valence-electron chi connectivity index (χ3n) is 6.41. The van der Waals surface area contributed by atoms with Crippen molar-refractivity contribution >= 4 is 23.3 Å². The molecule has 1 aliphatic carbocycles. The molecule has 2 fully saturated rings. The van der Waals surface area contributed by atoms with Gasteiger partial charge >= 0.3 is 0 Å². The van der Waals surface area contributed by atoms with Crippen molar-refractivity contribution in [3.63, 3.8) is 0 Å². The minimum Gasteiger partial charge on any atom is -0.353 e. The molecule has 0 atom stereocenters. The zero-order valence-electron chi connectivity index (χ0n) is 17.6. The third kappa shape index (κ3) is 4.18. The van der Waals surface area contributed by atoms with Crippen molar-refractivity contribution in [1.29, 1.82) is 0 Å². The second kappa shape index (κ2) is 8.86. The lowest BCUT2D eigenvalue weighted by Crippen LogP contribution is -2.55. The Hall–Kier alpha value is -2.89. The number of anilines is 2. The first-order chi connectivity index (χ1) is 14.6. The van der Waals surface area contributed by atoms with E-state index < -0.39 is 5.41 Å². The zero-order chi connectivity index (χ0) is 21.0. The van der Waals surface area contributed by atoms with Crippen molar-refractivity contribution in [2.24, 2.45) is 0 Å². The van der Waals surface area contributed by atoms with Crippen LogP contribution in [0.5, 0.6) is 0 Å². The fraction of sp³-hybridized carbons (Fsp3) is 0.458. The molecule has 0 bridgehead atoms. The van der Waals surface area contributed by atoms with Crippen LogP contribution in [0.15, 0.2) is 48.7 Å². The molecule has 1 aliphatic heterocycles. The van der Waals surface area contributed by atoms with Crippen LogP contribution in [-0.2, 0) is 15.0 Å². The van der Waals surface area contributed by atoms with Crippen LogP contribution in [0.3, 0.4) is 0 Å². The number of rotatable bonds is 4. The first kappa shape index (κ1) is 20.4. The molecule has 4 rings (SSSR count). The summed E-state index contributed by atoms with van der Waals surface area (Å²) in [6.45, 7) is 4.56. The summed E-state index contributed by atoms with van der Waals surface area (Å²) < 4.78 is 0. The van der Waals surface area contributed by atoms with Gasteiger partial charge in [0.05, 0.1) is 5.41 Å². The maximum Gasteiger partial charge on any atom is 0.233 e. The van der Waals surface area contributed by atoms with Gasteiger partial charge in [-0.3, -0.25) is 9.59 Å². The molecular weight excluding hydrogens is 376 g/mol. The molecule has 1 saturated heterocycles. The Kier molecular flexibility index (Phi) is 6.02. The number of benzene rings is 1. The average Bonchev–Trinajstić information content (AvgIpc) is 2.80. The number of nitrogens with one attached hydrogen (secondary N) is 1. The predicted molar refractivity (Wildman–Crippen MR) is 119 cm³/mol. The maximum atomic E-state index is 13.8. The van der Waals surface area contributed by atoms with Gasteiger partial charge in [-0.2, -0.15) is 0 Å². The Morgan fingerprint density at radius 3 is 2.23 bits per heavy atom. The second-order valence-corrected chi connectivity index (χ2v) is 8.37. The van der Waals surface area contributed by atoms with Gasteiger partial charge in [0, 0.05) is 45.0 Å². The van der Waals surface area contributed by atoms with Crippen LogP contribution >= 0.6 is 0 Å². The molecule has 1 aromatic carbocycles. The van der Waals surface area contributed by atoms with Gasteiger partial charge in [0.1, 0.15) is 5.82 Å². The summed E-state index contributed by atoms with van der Waals surface area (Å²) in [6.07, 6.45) is 6.94. The third-order valence-corrected chi connectivity index (χ3v) is 6.41. The van der Waals surface area contributed by atoms with E-state index in [0.717, 1.165) is 68.9 Å². The van der Waals surface area contributed by atoms with E-state index in [1.807, 2.05) is 53.6 Å². The number of carbonyl (C=O) groups excluding carboxylic acids is 2. The summed E-state index contributed by atoms with van der Waals surface area (Å²) in [5, 5.41) is 2.81. The van der Waals surface area contributed by atoms with E-state index in [9.17, 15) is 9.59 Å². The number of nitrogens with zero attached hydrogens (tertiary/aromatic N) is 3. The van der Waals surface area contributed by atoms with Crippen molar-refractivity contribution in [1.82, 2.24) is 9.88 Å². The molecule has 1 N–H and O–H groups in total. The summed E-state index contributed by atoms with van der Waals surface area (Å²) >= 11 is 0. The normalized spacial score (nSPS) is 18.7. The quantitative estimate of drug-likeness (QED) is 0.843. The Bertz CT molecular complexity index is 868. The second-order valence-electron chi connectivity index (χ2n) is 8.37. The number of amides is 2. The van der Waals surface area contributed by atoms with Crippen molar-refractivity contribution in [2.45, 2.75) is 44.4 Å². The van der Waals surface area contributed by atoms with Crippen LogP contribution in [0.4, 0.5) is 11.5 Å². The Morgan fingerprint density at radius 1 is 0.933 bits per heavy atom. The fourth-order valence-electron chi connectivity index (χ4n) is 4.84. The monoisotopic (exact) mass is 406 g/mol. The minimum atomic E-state index is -0.444. The lowest BCUT2D eigenvalue weighted by atomic mass is 9.68. The van der Waals surface area contributed by atoms with E-state index in [1.165, 1.54) is 13.3 Å². The maximum absolute atomic E-state index is 13.8. The van der Waals surface area contributed by atoms with Crippen LogP contribution in [0.1, 0.15) is 44.6 Å². The molecule has 6 nitrogen and oxygen atoms in total. The van der Waals surface area contributed by atoms with Gasteiger partial charge in [0.25, 0.3) is 0 Å². The van der Waals surface area contributed by atoms with Gasteiger partial charge in [-0.1, -0.05) is 37.5 Å². The molecule has 1 aromatic heterocycles. The van der Waals surface area contributed by atoms with Crippen LogP contribution < -0.4 is 10.2 Å². The van der Waals surface area contributed by atoms with Crippen LogP contribution in [0.25, 0.3) is 0 Å². The van der Waals surface area contributed by atoms with Crippen molar-refractivity contribution in [3.05, 3.63) is 54.2 Å². The van der Waals surface area contributed by atoms with Crippen molar-refractivity contribution < 1.29 is 9.59 Å². The van der Waals surface area contributed by atoms with E-state index in [2.05, 4.69) is 15.2 Å². The Labute approximate surface area is 178 Å². The van der Waals surface area contributed by atoms with Gasteiger partial charge in [0.2, 0.25) is 11.8 Å². The first-order valence-electron chi connectivity index (χ1n) is 10.9. The molecule has 30 heavy (non-hydrogen) atoms. The highest BCUT2D eigenvalue weighted by atomic mass is 16.2. The molecule has 158 valence electrons. The van der Waals surface area contributed by atoms with Gasteiger partial charge < -0.3 is 15.1 Å². The molecule has 0 radical (unpaired) electrons. The molecule has 2 heterocycles. The minimum absolute atomic E-state index is 0.0861. The summed E-state index contributed by atoms with van der Waals surface area (Å²) in [6, 6.07) is 13.8. The van der Waals surface area contributed by atoms with E-state index in [-0.39, 0.29) is 11.8 Å². The van der Waals surface area contributed by atoms with E-state index in [0.29, 0.717) is 0 Å². The number of hydrogen-bond acceptors (Lipinski definition) is 4. The van der Waals surface area contributed by atoms with E-state index in [1.54, 1.807) is 0 Å². The van der Waals surface area contributed by atoms with Gasteiger partial charge in [0.15, 0.2) is 0 Å². The van der Waals surface area contributed by atoms with Crippen molar-refractivity contribution in [3.8, 4) is 0 Å². The van der Waals surface area contributed by atoms with Gasteiger partial charge in [-0.15, -0.1) is 0 Å². The number of hydrogen-bond donors (Lipinski definition) is 1. The summed E-state index contributed by atoms with van der Waals surface area (Å²) in [5.74, 6) is 1.15. The Balaban J connectivity index is 1.51. The lowest BCUT2D eigenvalue weighted by molar-refractivity contribution is -0.139. The standard InChI is InChI=1S/C24H30N4O2/c1-19(29)26-21-10-8-20(9-11-21)24(12-4-2-5-13-24)23(30)28-17-15-27(16-18-28)22-7-3-6-14-25-22/h3,6-11,14H,2,4-5,12-13,15-18H2,1H3,(H,26,29). The number of pyridine rings is 1. The van der Waals surface area contributed by atoms with Crippen LogP contribution in [0, 0.1) is 0 Å². The fourth-order valence-corrected chi connectivity index (χ4v) is 4.84. The highest BCUT2D eigenvalue weighted by molar-refractivity contribution is 5.90. The molecule has 0 unspecified atom stereocenters. The molecule has 2 aromatic rings. The molecule has 2 amide bonds. The Morgan fingerprint density at radius 2 is 1.63 bits per heavy atom. The number of carbonyl (C=O) groups is 2. The summed E-state index contributed by atoms with van der Waals surface area (Å²) in [4.78, 5) is 33.9. The first-order valence-corrected chi connectivity index (χ1v) is 10.9. The average molecular weight is 407 g/mol. The summed E-state index contributed by atoms with van der Waals surface area (Å²) in [7, 11) is 0. The number of piperazine rings is 1. The van der Waals surface area contributed by atoms with Gasteiger partial charge in [-0.25, -0.2) is 4.98 Å². The highest BCUT2D eigenvalue weighted by Crippen LogP contribution is 2.41. The molecule has 1 saturated carbocycles. The topological polar surface area (TPSA) is 65.5 Å². The summed E-state index contributed by atoms with van der Waals surface area (Å²) in [5.41, 5.74) is 1.40. The SMILES string of the molecule is CC(=O)Nc1ccc(C2(C(=O)N3CCN(c4ccccn4)CC3)CCCCC2)cc1. The highest BCUT2D eigenvalue weighted by Gasteiger charge is 2.44. The van der Waals surface area contributed by atoms with Crippen molar-refractivity contribution in [2.75, 3.05) is 36.4 Å². The molecular formula is C24H30N4O2. The largest absolute Gasteiger partial charge is 0.353 e. The van der Waals surface area contributed by atoms with E-state index >= 15 is 0 Å². The van der Waals surface area contributed by atoms with E-state index in [4.69, 9.17) is 0 Å². The lowest BCUT2D eigenvalue weighted by Gasteiger charge is -2.43.